The van der Waals surface area contributed by atoms with Gasteiger partial charge in [-0.15, -0.1) is 0 Å². The number of benzene rings is 4. The Labute approximate surface area is 322 Å². The summed E-state index contributed by atoms with van der Waals surface area (Å²) < 4.78 is 14.0. The Hall–Kier alpha value is -5.58. The van der Waals surface area contributed by atoms with E-state index in [0.717, 1.165) is 73.6 Å². The van der Waals surface area contributed by atoms with Crippen LogP contribution >= 0.6 is 0 Å². The van der Waals surface area contributed by atoms with Crippen molar-refractivity contribution in [1.82, 2.24) is 20.4 Å². The highest BCUT2D eigenvalue weighted by atomic mass is 16.5. The topological polar surface area (TPSA) is 124 Å². The lowest BCUT2D eigenvalue weighted by Gasteiger charge is -2.32. The van der Waals surface area contributed by atoms with E-state index in [1.807, 2.05) is 115 Å². The molecule has 7 rings (SSSR count). The summed E-state index contributed by atoms with van der Waals surface area (Å²) in [5.74, 6) is -1.20. The minimum Gasteiger partial charge on any atom is -0.371 e. The Morgan fingerprint density at radius 3 is 1.76 bits per heavy atom. The molecule has 3 N–H and O–H groups in total. The summed E-state index contributed by atoms with van der Waals surface area (Å²) >= 11 is 0. The third kappa shape index (κ3) is 10.1. The molecule has 0 unspecified atom stereocenters. The fourth-order valence-corrected chi connectivity index (χ4v) is 7.59. The summed E-state index contributed by atoms with van der Waals surface area (Å²) in [5, 5.41) is 13.9. The van der Waals surface area contributed by atoms with Crippen molar-refractivity contribution in [2.75, 3.05) is 5.32 Å². The number of rotatable bonds is 14. The SMILES string of the molecule is O=C(Cn1nc(C(=O)Nc2ccccc2-c2ccccc2)cc1C(=O)N[C@H]1CCCC[C@@H]1OCc1ccccc1)N[C@H]1CCCC[C@@H]1OCc1ccccc1. The van der Waals surface area contributed by atoms with Crippen molar-refractivity contribution >= 4 is 23.4 Å². The fraction of sp³-hybridized carbons (Fsp3) is 0.333. The van der Waals surface area contributed by atoms with E-state index >= 15 is 0 Å². The first-order valence-corrected chi connectivity index (χ1v) is 19.4. The molecule has 0 saturated heterocycles. The van der Waals surface area contributed by atoms with Crippen molar-refractivity contribution in [2.45, 2.75) is 95.4 Å². The fourth-order valence-electron chi connectivity index (χ4n) is 7.59. The quantitative estimate of drug-likeness (QED) is 0.107. The smallest absolute Gasteiger partial charge is 0.276 e. The van der Waals surface area contributed by atoms with E-state index in [-0.39, 0.29) is 48.1 Å². The Morgan fingerprint density at radius 2 is 1.15 bits per heavy atom. The zero-order chi connectivity index (χ0) is 37.8. The minimum atomic E-state index is -0.486. The molecular formula is C45H49N5O5. The summed E-state index contributed by atoms with van der Waals surface area (Å²) in [6.07, 6.45) is 6.88. The highest BCUT2D eigenvalue weighted by Crippen LogP contribution is 2.29. The first-order valence-electron chi connectivity index (χ1n) is 19.4. The predicted octanol–water partition coefficient (Wildman–Crippen LogP) is 7.70. The van der Waals surface area contributed by atoms with Gasteiger partial charge < -0.3 is 25.4 Å². The molecule has 1 heterocycles. The highest BCUT2D eigenvalue weighted by molar-refractivity contribution is 6.06. The Balaban J connectivity index is 1.09. The van der Waals surface area contributed by atoms with Gasteiger partial charge >= 0.3 is 0 Å². The Morgan fingerprint density at radius 1 is 0.618 bits per heavy atom. The van der Waals surface area contributed by atoms with E-state index in [9.17, 15) is 14.4 Å². The molecule has 284 valence electrons. The normalized spacial score (nSPS) is 19.6. The molecule has 2 saturated carbocycles. The van der Waals surface area contributed by atoms with E-state index in [0.29, 0.717) is 18.9 Å². The third-order valence-corrected chi connectivity index (χ3v) is 10.5. The lowest BCUT2D eigenvalue weighted by atomic mass is 9.92. The van der Waals surface area contributed by atoms with Gasteiger partial charge in [-0.05, 0) is 48.4 Å². The van der Waals surface area contributed by atoms with Crippen LogP contribution in [0.3, 0.4) is 0 Å². The van der Waals surface area contributed by atoms with Gasteiger partial charge in [0.05, 0.1) is 37.5 Å². The molecule has 0 bridgehead atoms. The zero-order valence-corrected chi connectivity index (χ0v) is 31.1. The first kappa shape index (κ1) is 37.7. The van der Waals surface area contributed by atoms with Crippen LogP contribution in [0.1, 0.15) is 83.5 Å². The Bertz CT molecular complexity index is 2020. The monoisotopic (exact) mass is 739 g/mol. The van der Waals surface area contributed by atoms with E-state index in [1.165, 1.54) is 10.7 Å². The second-order valence-electron chi connectivity index (χ2n) is 14.4. The van der Waals surface area contributed by atoms with Crippen LogP contribution in [0.2, 0.25) is 0 Å². The molecule has 0 aliphatic heterocycles. The number of anilines is 1. The minimum absolute atomic E-state index is 0.0306. The number of amides is 3. The average molecular weight is 740 g/mol. The van der Waals surface area contributed by atoms with E-state index in [2.05, 4.69) is 21.0 Å². The van der Waals surface area contributed by atoms with E-state index in [4.69, 9.17) is 9.47 Å². The zero-order valence-electron chi connectivity index (χ0n) is 31.1. The number of nitrogens with zero attached hydrogens (tertiary/aromatic N) is 2. The van der Waals surface area contributed by atoms with Gasteiger partial charge in [-0.3, -0.25) is 14.4 Å². The van der Waals surface area contributed by atoms with Crippen LogP contribution < -0.4 is 16.0 Å². The number of ether oxygens (including phenoxy) is 2. The molecule has 0 spiro atoms. The lowest BCUT2D eigenvalue weighted by Crippen LogP contribution is -2.48. The molecule has 2 aliphatic carbocycles. The van der Waals surface area contributed by atoms with Gasteiger partial charge in [0.25, 0.3) is 11.8 Å². The van der Waals surface area contributed by atoms with E-state index < -0.39 is 11.8 Å². The molecule has 2 fully saturated rings. The van der Waals surface area contributed by atoms with Crippen molar-refractivity contribution in [3.8, 4) is 11.1 Å². The van der Waals surface area contributed by atoms with Crippen LogP contribution in [0.5, 0.6) is 0 Å². The predicted molar refractivity (Wildman–Crippen MR) is 212 cm³/mol. The van der Waals surface area contributed by atoms with Crippen LogP contribution in [0.25, 0.3) is 11.1 Å². The number of nitrogens with one attached hydrogen (secondary N) is 3. The molecule has 0 radical (unpaired) electrons. The molecule has 5 aromatic rings. The van der Waals surface area contributed by atoms with Crippen molar-refractivity contribution in [3.63, 3.8) is 0 Å². The van der Waals surface area contributed by atoms with Gasteiger partial charge in [0, 0.05) is 17.3 Å². The number of hydrogen-bond donors (Lipinski definition) is 3. The number of para-hydroxylation sites is 1. The van der Waals surface area contributed by atoms with Crippen LogP contribution in [-0.4, -0.2) is 51.8 Å². The van der Waals surface area contributed by atoms with Crippen LogP contribution in [0.4, 0.5) is 5.69 Å². The van der Waals surface area contributed by atoms with Crippen molar-refractivity contribution in [2.24, 2.45) is 0 Å². The van der Waals surface area contributed by atoms with Gasteiger partial charge in [0.2, 0.25) is 5.91 Å². The maximum Gasteiger partial charge on any atom is 0.276 e. The van der Waals surface area contributed by atoms with E-state index in [1.54, 1.807) is 0 Å². The second-order valence-corrected chi connectivity index (χ2v) is 14.4. The van der Waals surface area contributed by atoms with Crippen LogP contribution in [0.15, 0.2) is 121 Å². The third-order valence-electron chi connectivity index (χ3n) is 10.5. The van der Waals surface area contributed by atoms with Crippen LogP contribution in [0, 0.1) is 0 Å². The molecule has 4 atom stereocenters. The molecular weight excluding hydrogens is 691 g/mol. The molecule has 10 heteroatoms. The van der Waals surface area contributed by atoms with Crippen molar-refractivity contribution in [1.29, 1.82) is 0 Å². The highest BCUT2D eigenvalue weighted by Gasteiger charge is 2.31. The summed E-state index contributed by atoms with van der Waals surface area (Å²) in [6, 6.07) is 38.4. The number of carbonyl (C=O) groups excluding carboxylic acids is 3. The standard InChI is InChI=1S/C45H49N5O5/c51-43(46-37-24-12-14-26-41(37)54-30-32-16-4-1-5-17-32)29-50-40(45(53)48-38-25-13-15-27-42(38)55-31-33-18-6-2-7-19-33)28-39(49-50)44(52)47-36-23-11-10-22-35(36)34-20-8-3-9-21-34/h1-11,16-23,28,37-38,41-42H,12-15,24-27,29-31H2,(H,46,51)(H,47,52)(H,48,53)/t37-,38-,41-,42-/m0/s1. The number of carbonyl (C=O) groups is 3. The molecule has 10 nitrogen and oxygen atoms in total. The van der Waals surface area contributed by atoms with Gasteiger partial charge in [0.1, 0.15) is 12.2 Å². The molecule has 55 heavy (non-hydrogen) atoms. The molecule has 4 aromatic carbocycles. The maximum absolute atomic E-state index is 14.1. The molecule has 3 amide bonds. The molecule has 1 aromatic heterocycles. The second kappa shape index (κ2) is 18.6. The van der Waals surface area contributed by atoms with Crippen molar-refractivity contribution in [3.05, 3.63) is 144 Å². The lowest BCUT2D eigenvalue weighted by molar-refractivity contribution is -0.124. The average Bonchev–Trinajstić information content (AvgIpc) is 3.65. The maximum atomic E-state index is 14.1. The summed E-state index contributed by atoms with van der Waals surface area (Å²) in [7, 11) is 0. The van der Waals surface area contributed by atoms with Gasteiger partial charge in [-0.2, -0.15) is 5.10 Å². The first-order chi connectivity index (χ1) is 27.0. The van der Waals surface area contributed by atoms with Crippen molar-refractivity contribution < 1.29 is 23.9 Å². The van der Waals surface area contributed by atoms with Crippen LogP contribution in [-0.2, 0) is 34.0 Å². The van der Waals surface area contributed by atoms with Gasteiger partial charge in [-0.1, -0.05) is 135 Å². The summed E-state index contributed by atoms with van der Waals surface area (Å²) in [6.45, 7) is 0.670. The molecule has 2 aliphatic rings. The number of aromatic nitrogens is 2. The largest absolute Gasteiger partial charge is 0.371 e. The van der Waals surface area contributed by atoms with Gasteiger partial charge in [0.15, 0.2) is 5.69 Å². The summed E-state index contributed by atoms with van der Waals surface area (Å²) in [5.41, 5.74) is 4.71. The summed E-state index contributed by atoms with van der Waals surface area (Å²) in [4.78, 5) is 41.7. The Kier molecular flexibility index (Phi) is 12.8. The number of hydrogen-bond acceptors (Lipinski definition) is 6. The van der Waals surface area contributed by atoms with Gasteiger partial charge in [-0.25, -0.2) is 4.68 Å².